The zero-order valence-electron chi connectivity index (χ0n) is 11.5. The maximum absolute atomic E-state index is 5.85. The lowest BCUT2D eigenvalue weighted by Gasteiger charge is -2.12. The van der Waals surface area contributed by atoms with Crippen molar-refractivity contribution < 1.29 is 4.74 Å². The van der Waals surface area contributed by atoms with E-state index in [0.29, 0.717) is 6.61 Å². The number of benzene rings is 1. The highest BCUT2D eigenvalue weighted by molar-refractivity contribution is 5.39. The van der Waals surface area contributed by atoms with E-state index in [2.05, 4.69) is 42.3 Å². The molecule has 0 saturated carbocycles. The van der Waals surface area contributed by atoms with Gasteiger partial charge >= 0.3 is 0 Å². The molecule has 1 N–H and O–H groups in total. The predicted octanol–water partition coefficient (Wildman–Crippen LogP) is 3.58. The fraction of sp³-hybridized carbons (Fsp3) is 0.312. The van der Waals surface area contributed by atoms with E-state index in [1.165, 1.54) is 11.1 Å². The van der Waals surface area contributed by atoms with Crippen LogP contribution in [0.2, 0.25) is 0 Å². The van der Waals surface area contributed by atoms with Gasteiger partial charge in [-0.15, -0.1) is 0 Å². The highest BCUT2D eigenvalue weighted by atomic mass is 16.5. The molecule has 19 heavy (non-hydrogen) atoms. The van der Waals surface area contributed by atoms with E-state index in [4.69, 9.17) is 4.74 Å². The quantitative estimate of drug-likeness (QED) is 0.802. The van der Waals surface area contributed by atoms with Crippen molar-refractivity contribution in [3.05, 3.63) is 53.7 Å². The maximum Gasteiger partial charge on any atom is 0.125 e. The molecule has 0 amide bonds. The SMILES string of the molecule is Cc1cccc(C)c1OCCCNc1ccccn1. The number of pyridine rings is 1. The number of aryl methyl sites for hydroxylation is 2. The molecule has 0 aliphatic carbocycles. The van der Waals surface area contributed by atoms with Crippen LogP contribution in [0.1, 0.15) is 17.5 Å². The topological polar surface area (TPSA) is 34.1 Å². The fourth-order valence-corrected chi connectivity index (χ4v) is 1.96. The summed E-state index contributed by atoms with van der Waals surface area (Å²) in [6.07, 6.45) is 2.74. The second-order valence-corrected chi connectivity index (χ2v) is 4.56. The smallest absolute Gasteiger partial charge is 0.125 e. The Bertz CT molecular complexity index is 491. The van der Waals surface area contributed by atoms with Gasteiger partial charge in [-0.25, -0.2) is 4.98 Å². The first-order valence-corrected chi connectivity index (χ1v) is 6.61. The maximum atomic E-state index is 5.85. The van der Waals surface area contributed by atoms with E-state index in [9.17, 15) is 0 Å². The van der Waals surface area contributed by atoms with Gasteiger partial charge in [0.05, 0.1) is 6.61 Å². The van der Waals surface area contributed by atoms with Gasteiger partial charge < -0.3 is 10.1 Å². The summed E-state index contributed by atoms with van der Waals surface area (Å²) in [6, 6.07) is 12.1. The van der Waals surface area contributed by atoms with Gasteiger partial charge in [-0.2, -0.15) is 0 Å². The van der Waals surface area contributed by atoms with Crippen LogP contribution >= 0.6 is 0 Å². The minimum absolute atomic E-state index is 0.714. The van der Waals surface area contributed by atoms with Crippen LogP contribution in [0.5, 0.6) is 5.75 Å². The highest BCUT2D eigenvalue weighted by Crippen LogP contribution is 2.22. The lowest BCUT2D eigenvalue weighted by atomic mass is 10.1. The number of nitrogens with one attached hydrogen (secondary N) is 1. The lowest BCUT2D eigenvalue weighted by Crippen LogP contribution is -2.08. The Kier molecular flexibility index (Phi) is 4.78. The first-order chi connectivity index (χ1) is 9.27. The molecule has 0 radical (unpaired) electrons. The van der Waals surface area contributed by atoms with Crippen LogP contribution in [0.15, 0.2) is 42.6 Å². The Hall–Kier alpha value is -2.03. The van der Waals surface area contributed by atoms with Gasteiger partial charge in [0.15, 0.2) is 0 Å². The third-order valence-electron chi connectivity index (χ3n) is 2.95. The van der Waals surface area contributed by atoms with Crippen molar-refractivity contribution in [1.82, 2.24) is 4.98 Å². The molecule has 0 spiro atoms. The number of para-hydroxylation sites is 1. The van der Waals surface area contributed by atoms with Crippen LogP contribution in [0.25, 0.3) is 0 Å². The molecule has 1 aromatic carbocycles. The molecular weight excluding hydrogens is 236 g/mol. The average Bonchev–Trinajstić information content (AvgIpc) is 2.42. The van der Waals surface area contributed by atoms with Gasteiger partial charge in [-0.3, -0.25) is 0 Å². The summed E-state index contributed by atoms with van der Waals surface area (Å²) in [6.45, 7) is 5.73. The Labute approximate surface area is 114 Å². The van der Waals surface area contributed by atoms with Gasteiger partial charge in [0.2, 0.25) is 0 Å². The van der Waals surface area contributed by atoms with Crippen molar-refractivity contribution >= 4 is 5.82 Å². The van der Waals surface area contributed by atoms with Crippen LogP contribution < -0.4 is 10.1 Å². The standard InChI is InChI=1S/C16H20N2O/c1-13-7-5-8-14(2)16(13)19-12-6-11-18-15-9-3-4-10-17-15/h3-5,7-10H,6,11-12H2,1-2H3,(H,17,18). The first-order valence-electron chi connectivity index (χ1n) is 6.61. The summed E-state index contributed by atoms with van der Waals surface area (Å²) < 4.78 is 5.85. The second kappa shape index (κ2) is 6.78. The van der Waals surface area contributed by atoms with Crippen LogP contribution in [-0.2, 0) is 0 Å². The zero-order valence-corrected chi connectivity index (χ0v) is 11.5. The number of rotatable bonds is 6. The zero-order chi connectivity index (χ0) is 13.5. The van der Waals surface area contributed by atoms with Crippen LogP contribution in [0, 0.1) is 13.8 Å². The van der Waals surface area contributed by atoms with Gasteiger partial charge in [0, 0.05) is 12.7 Å². The Morgan fingerprint density at radius 3 is 2.53 bits per heavy atom. The van der Waals surface area contributed by atoms with Gasteiger partial charge in [0.1, 0.15) is 11.6 Å². The number of hydrogen-bond donors (Lipinski definition) is 1. The Morgan fingerprint density at radius 2 is 1.84 bits per heavy atom. The summed E-state index contributed by atoms with van der Waals surface area (Å²) >= 11 is 0. The molecule has 100 valence electrons. The van der Waals surface area contributed by atoms with E-state index < -0.39 is 0 Å². The monoisotopic (exact) mass is 256 g/mol. The first kappa shape index (κ1) is 13.4. The fourth-order valence-electron chi connectivity index (χ4n) is 1.96. The summed E-state index contributed by atoms with van der Waals surface area (Å²) in [5.41, 5.74) is 2.38. The van der Waals surface area contributed by atoms with Crippen molar-refractivity contribution in [1.29, 1.82) is 0 Å². The largest absolute Gasteiger partial charge is 0.493 e. The molecule has 1 heterocycles. The van der Waals surface area contributed by atoms with Gasteiger partial charge in [-0.1, -0.05) is 24.3 Å². The highest BCUT2D eigenvalue weighted by Gasteiger charge is 2.02. The molecule has 3 nitrogen and oxygen atoms in total. The van der Waals surface area contributed by atoms with Crippen molar-refractivity contribution in [2.24, 2.45) is 0 Å². The van der Waals surface area contributed by atoms with E-state index in [0.717, 1.165) is 24.5 Å². The lowest BCUT2D eigenvalue weighted by molar-refractivity contribution is 0.311. The van der Waals surface area contributed by atoms with Crippen molar-refractivity contribution in [3.63, 3.8) is 0 Å². The summed E-state index contributed by atoms with van der Waals surface area (Å²) in [5.74, 6) is 1.93. The second-order valence-electron chi connectivity index (χ2n) is 4.56. The minimum Gasteiger partial charge on any atom is -0.493 e. The van der Waals surface area contributed by atoms with Gasteiger partial charge in [0.25, 0.3) is 0 Å². The van der Waals surface area contributed by atoms with Crippen LogP contribution in [0.4, 0.5) is 5.82 Å². The van der Waals surface area contributed by atoms with E-state index >= 15 is 0 Å². The molecule has 1 aromatic heterocycles. The molecule has 0 aliphatic rings. The molecular formula is C16H20N2O. The van der Waals surface area contributed by atoms with Crippen LogP contribution in [0.3, 0.4) is 0 Å². The number of ether oxygens (including phenoxy) is 1. The summed E-state index contributed by atoms with van der Waals surface area (Å²) in [4.78, 5) is 4.21. The van der Waals surface area contributed by atoms with E-state index in [1.807, 2.05) is 18.2 Å². The molecule has 0 atom stereocenters. The molecule has 0 bridgehead atoms. The number of hydrogen-bond acceptors (Lipinski definition) is 3. The Balaban J connectivity index is 1.73. The van der Waals surface area contributed by atoms with Crippen molar-refractivity contribution in [2.45, 2.75) is 20.3 Å². The number of anilines is 1. The normalized spacial score (nSPS) is 10.2. The van der Waals surface area contributed by atoms with E-state index in [-0.39, 0.29) is 0 Å². The average molecular weight is 256 g/mol. The molecule has 2 rings (SSSR count). The Morgan fingerprint density at radius 1 is 1.05 bits per heavy atom. The third-order valence-corrected chi connectivity index (χ3v) is 2.95. The van der Waals surface area contributed by atoms with Crippen molar-refractivity contribution in [2.75, 3.05) is 18.5 Å². The third kappa shape index (κ3) is 3.98. The summed E-state index contributed by atoms with van der Waals surface area (Å²) in [5, 5.41) is 3.27. The minimum atomic E-state index is 0.714. The number of nitrogens with zero attached hydrogens (tertiary/aromatic N) is 1. The molecule has 0 fully saturated rings. The molecule has 2 aromatic rings. The molecule has 3 heteroatoms. The molecule has 0 saturated heterocycles. The summed E-state index contributed by atoms with van der Waals surface area (Å²) in [7, 11) is 0. The molecule has 0 unspecified atom stereocenters. The predicted molar refractivity (Wildman–Crippen MR) is 78.8 cm³/mol. The van der Waals surface area contributed by atoms with Gasteiger partial charge in [-0.05, 0) is 43.5 Å². The number of aromatic nitrogens is 1. The molecule has 0 aliphatic heterocycles. The van der Waals surface area contributed by atoms with E-state index in [1.54, 1.807) is 6.20 Å². The van der Waals surface area contributed by atoms with Crippen LogP contribution in [-0.4, -0.2) is 18.1 Å². The van der Waals surface area contributed by atoms with Crippen molar-refractivity contribution in [3.8, 4) is 5.75 Å².